The largest absolute Gasteiger partial charge is 0.371 e. The van der Waals surface area contributed by atoms with Gasteiger partial charge in [-0.15, -0.1) is 0 Å². The molecule has 1 aromatic carbocycles. The first-order chi connectivity index (χ1) is 15.0. The molecule has 4 heterocycles. The van der Waals surface area contributed by atoms with Crippen molar-refractivity contribution in [3.8, 4) is 0 Å². The molecule has 2 aliphatic rings. The molecule has 0 spiro atoms. The van der Waals surface area contributed by atoms with E-state index in [1.54, 1.807) is 24.0 Å². The fourth-order valence-electron chi connectivity index (χ4n) is 4.64. The highest BCUT2D eigenvalue weighted by molar-refractivity contribution is 6.35. The number of fused-ring (bicyclic) bond motifs is 2. The third-order valence-corrected chi connectivity index (χ3v) is 6.63. The molecular formula is C20H17Cl2N7O2. The van der Waals surface area contributed by atoms with Gasteiger partial charge in [-0.3, -0.25) is 9.36 Å². The molecule has 158 valence electrons. The monoisotopic (exact) mass is 457 g/mol. The molecule has 9 nitrogen and oxygen atoms in total. The predicted molar refractivity (Wildman–Crippen MR) is 115 cm³/mol. The number of aromatic nitrogens is 6. The number of rotatable bonds is 4. The Morgan fingerprint density at radius 2 is 1.81 bits per heavy atom. The van der Waals surface area contributed by atoms with Crippen molar-refractivity contribution < 1.29 is 4.52 Å². The van der Waals surface area contributed by atoms with Gasteiger partial charge < -0.3 is 14.0 Å². The van der Waals surface area contributed by atoms with Crippen LogP contribution in [0.1, 0.15) is 17.6 Å². The van der Waals surface area contributed by atoms with E-state index in [9.17, 15) is 4.79 Å². The van der Waals surface area contributed by atoms with Crippen molar-refractivity contribution in [2.45, 2.75) is 12.5 Å². The maximum atomic E-state index is 12.7. The van der Waals surface area contributed by atoms with Gasteiger partial charge in [-0.2, -0.15) is 4.98 Å². The predicted octanol–water partition coefficient (Wildman–Crippen LogP) is 2.72. The summed E-state index contributed by atoms with van der Waals surface area (Å²) < 4.78 is 8.55. The molecule has 6 rings (SSSR count). The van der Waals surface area contributed by atoms with Crippen LogP contribution in [0.5, 0.6) is 0 Å². The highest BCUT2D eigenvalue weighted by atomic mass is 35.5. The van der Waals surface area contributed by atoms with Crippen LogP contribution in [0, 0.1) is 11.8 Å². The van der Waals surface area contributed by atoms with E-state index < -0.39 is 0 Å². The average Bonchev–Trinajstić information content (AvgIpc) is 3.15. The second-order valence-electron chi connectivity index (χ2n) is 8.14. The summed E-state index contributed by atoms with van der Waals surface area (Å²) in [5.41, 5.74) is 1.71. The number of imidazole rings is 1. The number of hydrogen-bond acceptors (Lipinski definition) is 7. The Hall–Kier alpha value is -2.91. The van der Waals surface area contributed by atoms with Crippen LogP contribution in [0.25, 0.3) is 11.2 Å². The fraction of sp³-hybridized carbons (Fsp3) is 0.350. The van der Waals surface area contributed by atoms with Gasteiger partial charge in [0.2, 0.25) is 5.89 Å². The Labute approximate surface area is 186 Å². The van der Waals surface area contributed by atoms with Crippen LogP contribution in [0.15, 0.2) is 40.2 Å². The first kappa shape index (κ1) is 18.8. The molecule has 1 saturated carbocycles. The molecule has 2 fully saturated rings. The minimum Gasteiger partial charge on any atom is -0.371 e. The van der Waals surface area contributed by atoms with E-state index in [4.69, 9.17) is 27.7 Å². The first-order valence-electron chi connectivity index (χ1n) is 9.88. The molecule has 1 aliphatic carbocycles. The Balaban J connectivity index is 1.17. The van der Waals surface area contributed by atoms with Gasteiger partial charge >= 0.3 is 0 Å². The van der Waals surface area contributed by atoms with E-state index >= 15 is 0 Å². The number of anilines is 1. The van der Waals surface area contributed by atoms with Crippen LogP contribution in [0.3, 0.4) is 0 Å². The Morgan fingerprint density at radius 3 is 2.55 bits per heavy atom. The maximum Gasteiger partial charge on any atom is 0.280 e. The lowest BCUT2D eigenvalue weighted by atomic mass is 10.2. The zero-order chi connectivity index (χ0) is 21.3. The van der Waals surface area contributed by atoms with E-state index in [-0.39, 0.29) is 18.0 Å². The van der Waals surface area contributed by atoms with Gasteiger partial charge in [0.25, 0.3) is 5.56 Å². The third kappa shape index (κ3) is 3.11. The molecule has 11 heteroatoms. The summed E-state index contributed by atoms with van der Waals surface area (Å²) in [4.78, 5) is 27.9. The molecule has 1 aliphatic heterocycles. The van der Waals surface area contributed by atoms with Gasteiger partial charge in [-0.1, -0.05) is 28.4 Å². The van der Waals surface area contributed by atoms with Crippen LogP contribution in [-0.4, -0.2) is 42.3 Å². The lowest BCUT2D eigenvalue weighted by Gasteiger charge is -2.22. The van der Waals surface area contributed by atoms with Crippen LogP contribution in [0.4, 0.5) is 5.69 Å². The second-order valence-corrected chi connectivity index (χ2v) is 9.01. The smallest absolute Gasteiger partial charge is 0.280 e. The topological polar surface area (TPSA) is 94.9 Å². The molecule has 0 amide bonds. The summed E-state index contributed by atoms with van der Waals surface area (Å²) in [6.07, 6.45) is 3.03. The molecule has 1 saturated heterocycles. The molecular weight excluding hydrogens is 441 g/mol. The summed E-state index contributed by atoms with van der Waals surface area (Å²) >= 11 is 12.3. The molecule has 3 aromatic heterocycles. The normalized spacial score (nSPS) is 22.3. The highest BCUT2D eigenvalue weighted by Gasteiger charge is 2.58. The standard InChI is InChI=1S/C20H17Cl2N7O2/c1-27-8-23-19-17(27)20(30)29(9-24-19)7-15-25-18(26-31-15)16-13-5-28(6-14(13)16)12-3-10(21)2-11(22)4-12/h2-4,8-9,13-14,16H,5-7H2,1H3/t13-,14+,16-. The quantitative estimate of drug-likeness (QED) is 0.464. The summed E-state index contributed by atoms with van der Waals surface area (Å²) in [5.74, 6) is 2.31. The molecule has 0 radical (unpaired) electrons. The van der Waals surface area contributed by atoms with Crippen LogP contribution >= 0.6 is 23.2 Å². The number of piperidine rings is 1. The van der Waals surface area contributed by atoms with Crippen molar-refractivity contribution in [2.24, 2.45) is 18.9 Å². The van der Waals surface area contributed by atoms with Crippen molar-refractivity contribution >= 4 is 40.1 Å². The molecule has 0 bridgehead atoms. The fourth-order valence-corrected chi connectivity index (χ4v) is 5.15. The number of nitrogens with zero attached hydrogens (tertiary/aromatic N) is 7. The summed E-state index contributed by atoms with van der Waals surface area (Å²) in [6, 6.07) is 5.61. The van der Waals surface area contributed by atoms with E-state index in [0.717, 1.165) is 18.8 Å². The second kappa shape index (κ2) is 6.80. The Bertz CT molecular complexity index is 1350. The van der Waals surface area contributed by atoms with Gasteiger partial charge in [-0.05, 0) is 30.0 Å². The van der Waals surface area contributed by atoms with Crippen molar-refractivity contribution in [1.29, 1.82) is 0 Å². The Morgan fingerprint density at radius 1 is 1.10 bits per heavy atom. The summed E-state index contributed by atoms with van der Waals surface area (Å²) in [6.45, 7) is 1.97. The van der Waals surface area contributed by atoms with E-state index in [0.29, 0.717) is 44.8 Å². The third-order valence-electron chi connectivity index (χ3n) is 6.19. The SMILES string of the molecule is Cn1cnc2ncn(Cc3nc([C@@H]4[C@@H]5CN(c6cc(Cl)cc(Cl)c6)C[C@@H]54)no3)c(=O)c21. The van der Waals surface area contributed by atoms with Gasteiger partial charge in [0, 0.05) is 41.8 Å². The van der Waals surface area contributed by atoms with Crippen LogP contribution in [-0.2, 0) is 13.6 Å². The van der Waals surface area contributed by atoms with Gasteiger partial charge in [0.1, 0.15) is 12.9 Å². The lowest BCUT2D eigenvalue weighted by Crippen LogP contribution is -2.24. The highest BCUT2D eigenvalue weighted by Crippen LogP contribution is 2.58. The van der Waals surface area contributed by atoms with Crippen molar-refractivity contribution in [1.82, 2.24) is 29.2 Å². The molecule has 3 atom stereocenters. The maximum absolute atomic E-state index is 12.7. The van der Waals surface area contributed by atoms with Gasteiger partial charge in [0.15, 0.2) is 17.0 Å². The summed E-state index contributed by atoms with van der Waals surface area (Å²) in [5, 5.41) is 5.45. The van der Waals surface area contributed by atoms with Crippen molar-refractivity contribution in [2.75, 3.05) is 18.0 Å². The zero-order valence-electron chi connectivity index (χ0n) is 16.4. The number of hydrogen-bond donors (Lipinski definition) is 0. The van der Waals surface area contributed by atoms with Gasteiger partial charge in [0.05, 0.1) is 6.33 Å². The molecule has 31 heavy (non-hydrogen) atoms. The van der Waals surface area contributed by atoms with Crippen LogP contribution in [0.2, 0.25) is 10.0 Å². The van der Waals surface area contributed by atoms with Crippen molar-refractivity contribution in [3.63, 3.8) is 0 Å². The van der Waals surface area contributed by atoms with E-state index in [1.165, 1.54) is 10.9 Å². The zero-order valence-corrected chi connectivity index (χ0v) is 18.0. The van der Waals surface area contributed by atoms with Gasteiger partial charge in [-0.25, -0.2) is 9.97 Å². The minimum atomic E-state index is -0.191. The number of benzene rings is 1. The first-order valence-corrected chi connectivity index (χ1v) is 10.6. The average molecular weight is 458 g/mol. The van der Waals surface area contributed by atoms with E-state index in [2.05, 4.69) is 25.0 Å². The molecule has 0 unspecified atom stereocenters. The Kier molecular flexibility index (Phi) is 4.13. The number of aryl methyl sites for hydroxylation is 1. The molecule has 4 aromatic rings. The van der Waals surface area contributed by atoms with Crippen LogP contribution < -0.4 is 10.5 Å². The van der Waals surface area contributed by atoms with Crippen molar-refractivity contribution in [3.05, 3.63) is 63.0 Å². The minimum absolute atomic E-state index is 0.176. The lowest BCUT2D eigenvalue weighted by molar-refractivity contribution is 0.363. The number of halogens is 2. The molecule has 0 N–H and O–H groups in total. The summed E-state index contributed by atoms with van der Waals surface area (Å²) in [7, 11) is 1.76. The van der Waals surface area contributed by atoms with E-state index in [1.807, 2.05) is 12.1 Å².